The van der Waals surface area contributed by atoms with Gasteiger partial charge in [-0.2, -0.15) is 0 Å². The van der Waals surface area contributed by atoms with Gasteiger partial charge in [-0.05, 0) is 30.9 Å². The molecular formula is C13H16O. The Morgan fingerprint density at radius 3 is 2.79 bits per heavy atom. The molecule has 0 bridgehead atoms. The van der Waals surface area contributed by atoms with Crippen LogP contribution in [-0.2, 0) is 4.74 Å². The third-order valence-corrected chi connectivity index (χ3v) is 2.70. The maximum Gasteiger partial charge on any atom is 0.104 e. The van der Waals surface area contributed by atoms with Gasteiger partial charge in [-0.25, -0.2) is 0 Å². The van der Waals surface area contributed by atoms with Gasteiger partial charge >= 0.3 is 0 Å². The standard InChI is InChI=1S/C13H16O/c1-2-11-9-6-10-14-13(11)12-7-4-3-5-8-12/h2-5,7-8,13H,6,9-10H2,1H3/b11-2+. The molecule has 0 aliphatic carbocycles. The van der Waals surface area contributed by atoms with E-state index in [0.29, 0.717) is 0 Å². The van der Waals surface area contributed by atoms with E-state index in [1.807, 2.05) is 6.07 Å². The van der Waals surface area contributed by atoms with Crippen LogP contribution in [0.1, 0.15) is 31.4 Å². The predicted molar refractivity (Wildman–Crippen MR) is 58.1 cm³/mol. The zero-order valence-electron chi connectivity index (χ0n) is 8.57. The van der Waals surface area contributed by atoms with Gasteiger partial charge in [0.1, 0.15) is 6.10 Å². The van der Waals surface area contributed by atoms with E-state index in [2.05, 4.69) is 37.3 Å². The molecule has 1 unspecified atom stereocenters. The monoisotopic (exact) mass is 188 g/mol. The highest BCUT2D eigenvalue weighted by Gasteiger charge is 2.19. The topological polar surface area (TPSA) is 9.23 Å². The highest BCUT2D eigenvalue weighted by atomic mass is 16.5. The molecule has 0 amide bonds. The first-order valence-corrected chi connectivity index (χ1v) is 5.23. The van der Waals surface area contributed by atoms with Gasteiger partial charge in [0.2, 0.25) is 0 Å². The van der Waals surface area contributed by atoms with Crippen molar-refractivity contribution in [2.75, 3.05) is 6.61 Å². The van der Waals surface area contributed by atoms with Crippen molar-refractivity contribution in [3.05, 3.63) is 47.5 Å². The fourth-order valence-corrected chi connectivity index (χ4v) is 1.95. The van der Waals surface area contributed by atoms with E-state index in [-0.39, 0.29) is 6.10 Å². The SMILES string of the molecule is C/C=C1\CCCOC1c1ccccc1. The fourth-order valence-electron chi connectivity index (χ4n) is 1.95. The summed E-state index contributed by atoms with van der Waals surface area (Å²) >= 11 is 0. The van der Waals surface area contributed by atoms with Gasteiger partial charge in [0.05, 0.1) is 0 Å². The lowest BCUT2D eigenvalue weighted by atomic mass is 9.95. The molecule has 1 aliphatic heterocycles. The molecule has 2 rings (SSSR count). The van der Waals surface area contributed by atoms with Crippen LogP contribution in [0.25, 0.3) is 0 Å². The molecule has 1 heterocycles. The van der Waals surface area contributed by atoms with Gasteiger partial charge in [0.25, 0.3) is 0 Å². The zero-order chi connectivity index (χ0) is 9.80. The molecule has 1 saturated heterocycles. The molecular weight excluding hydrogens is 172 g/mol. The van der Waals surface area contributed by atoms with Crippen LogP contribution in [0.4, 0.5) is 0 Å². The molecule has 1 aliphatic rings. The quantitative estimate of drug-likeness (QED) is 0.613. The van der Waals surface area contributed by atoms with E-state index in [1.54, 1.807) is 0 Å². The second kappa shape index (κ2) is 4.43. The minimum Gasteiger partial charge on any atom is -0.369 e. The summed E-state index contributed by atoms with van der Waals surface area (Å²) in [5.41, 5.74) is 2.70. The smallest absolute Gasteiger partial charge is 0.104 e. The van der Waals surface area contributed by atoms with Crippen molar-refractivity contribution in [1.29, 1.82) is 0 Å². The summed E-state index contributed by atoms with van der Waals surface area (Å²) in [5, 5.41) is 0. The first-order valence-electron chi connectivity index (χ1n) is 5.23. The Morgan fingerprint density at radius 1 is 1.29 bits per heavy atom. The van der Waals surface area contributed by atoms with Crippen LogP contribution in [0.3, 0.4) is 0 Å². The number of ether oxygens (including phenoxy) is 1. The molecule has 1 aromatic rings. The van der Waals surface area contributed by atoms with Crippen molar-refractivity contribution in [3.63, 3.8) is 0 Å². The third kappa shape index (κ3) is 1.88. The minimum atomic E-state index is 0.204. The Labute approximate surface area is 85.4 Å². The summed E-state index contributed by atoms with van der Waals surface area (Å²) in [6, 6.07) is 10.5. The fraction of sp³-hybridized carbons (Fsp3) is 0.385. The summed E-state index contributed by atoms with van der Waals surface area (Å²) in [5.74, 6) is 0. The molecule has 74 valence electrons. The minimum absolute atomic E-state index is 0.204. The number of allylic oxidation sites excluding steroid dienone is 1. The summed E-state index contributed by atoms with van der Waals surface area (Å²) in [6.45, 7) is 2.98. The van der Waals surface area contributed by atoms with Crippen LogP contribution in [0.2, 0.25) is 0 Å². The molecule has 1 atom stereocenters. The summed E-state index contributed by atoms with van der Waals surface area (Å²) < 4.78 is 5.80. The van der Waals surface area contributed by atoms with Crippen LogP contribution in [0.15, 0.2) is 42.0 Å². The third-order valence-electron chi connectivity index (χ3n) is 2.70. The van der Waals surface area contributed by atoms with Crippen molar-refractivity contribution in [2.45, 2.75) is 25.9 Å². The molecule has 1 fully saturated rings. The molecule has 14 heavy (non-hydrogen) atoms. The Morgan fingerprint density at radius 2 is 2.07 bits per heavy atom. The van der Waals surface area contributed by atoms with Gasteiger partial charge in [-0.1, -0.05) is 36.4 Å². The van der Waals surface area contributed by atoms with Gasteiger partial charge in [0, 0.05) is 6.61 Å². The van der Waals surface area contributed by atoms with Crippen LogP contribution >= 0.6 is 0 Å². The molecule has 0 spiro atoms. The molecule has 1 nitrogen and oxygen atoms in total. The lowest BCUT2D eigenvalue weighted by Crippen LogP contribution is -2.14. The van der Waals surface area contributed by atoms with Crippen LogP contribution in [0.5, 0.6) is 0 Å². The molecule has 1 heteroatoms. The van der Waals surface area contributed by atoms with E-state index >= 15 is 0 Å². The Kier molecular flexibility index (Phi) is 3.00. The van der Waals surface area contributed by atoms with Gasteiger partial charge < -0.3 is 4.74 Å². The highest BCUT2D eigenvalue weighted by Crippen LogP contribution is 2.32. The number of hydrogen-bond donors (Lipinski definition) is 0. The molecule has 0 N–H and O–H groups in total. The van der Waals surface area contributed by atoms with Gasteiger partial charge in [-0.3, -0.25) is 0 Å². The Balaban J connectivity index is 2.24. The zero-order valence-corrected chi connectivity index (χ0v) is 8.57. The molecule has 1 aromatic carbocycles. The van der Waals surface area contributed by atoms with E-state index in [4.69, 9.17) is 4.74 Å². The Hall–Kier alpha value is -1.08. The van der Waals surface area contributed by atoms with Crippen molar-refractivity contribution in [3.8, 4) is 0 Å². The van der Waals surface area contributed by atoms with Crippen molar-refractivity contribution in [1.82, 2.24) is 0 Å². The van der Waals surface area contributed by atoms with Gasteiger partial charge in [0.15, 0.2) is 0 Å². The second-order valence-corrected chi connectivity index (χ2v) is 3.63. The maximum atomic E-state index is 5.80. The average Bonchev–Trinajstić information content (AvgIpc) is 2.30. The molecule has 0 radical (unpaired) electrons. The first-order chi connectivity index (χ1) is 6.92. The van der Waals surface area contributed by atoms with Crippen LogP contribution < -0.4 is 0 Å². The lowest BCUT2D eigenvalue weighted by Gasteiger charge is -2.26. The number of rotatable bonds is 1. The van der Waals surface area contributed by atoms with E-state index < -0.39 is 0 Å². The van der Waals surface area contributed by atoms with Crippen LogP contribution in [-0.4, -0.2) is 6.61 Å². The summed E-state index contributed by atoms with van der Waals surface area (Å²) in [6.07, 6.45) is 4.73. The van der Waals surface area contributed by atoms with Crippen molar-refractivity contribution >= 4 is 0 Å². The largest absolute Gasteiger partial charge is 0.369 e. The Bertz CT molecular complexity index is 313. The van der Waals surface area contributed by atoms with Crippen molar-refractivity contribution < 1.29 is 4.74 Å². The molecule has 0 saturated carbocycles. The number of benzene rings is 1. The van der Waals surface area contributed by atoms with Gasteiger partial charge in [-0.15, -0.1) is 0 Å². The normalized spacial score (nSPS) is 25.2. The van der Waals surface area contributed by atoms with E-state index in [9.17, 15) is 0 Å². The lowest BCUT2D eigenvalue weighted by molar-refractivity contribution is 0.0522. The number of hydrogen-bond acceptors (Lipinski definition) is 1. The van der Waals surface area contributed by atoms with Crippen LogP contribution in [0, 0.1) is 0 Å². The maximum absolute atomic E-state index is 5.80. The van der Waals surface area contributed by atoms with E-state index in [0.717, 1.165) is 13.0 Å². The highest BCUT2D eigenvalue weighted by molar-refractivity contribution is 5.26. The first kappa shape index (κ1) is 9.47. The van der Waals surface area contributed by atoms with E-state index in [1.165, 1.54) is 17.6 Å². The molecule has 0 aromatic heterocycles. The summed E-state index contributed by atoms with van der Waals surface area (Å²) in [7, 11) is 0. The average molecular weight is 188 g/mol. The summed E-state index contributed by atoms with van der Waals surface area (Å²) in [4.78, 5) is 0. The second-order valence-electron chi connectivity index (χ2n) is 3.63. The predicted octanol–water partition coefficient (Wildman–Crippen LogP) is 3.48. The van der Waals surface area contributed by atoms with Crippen molar-refractivity contribution in [2.24, 2.45) is 0 Å².